The lowest BCUT2D eigenvalue weighted by atomic mass is 9.92. The van der Waals surface area contributed by atoms with Crippen LogP contribution in [0.15, 0.2) is 5.38 Å². The van der Waals surface area contributed by atoms with E-state index in [-0.39, 0.29) is 5.41 Å². The normalized spacial score (nSPS) is 21.9. The zero-order chi connectivity index (χ0) is 14.6. The van der Waals surface area contributed by atoms with E-state index in [1.165, 1.54) is 23.5 Å². The molecule has 2 atom stereocenters. The van der Waals surface area contributed by atoms with Crippen LogP contribution in [0.3, 0.4) is 0 Å². The van der Waals surface area contributed by atoms with Crippen LogP contribution in [0.25, 0.3) is 0 Å². The van der Waals surface area contributed by atoms with Gasteiger partial charge in [0, 0.05) is 23.3 Å². The maximum absolute atomic E-state index is 5.68. The lowest BCUT2D eigenvalue weighted by Crippen LogP contribution is -2.34. The standard InChI is InChI=1S/C16H28N2OS/c1-5-8-17-14(12-7-6-9-19-10-12)15-18-13(11-20-15)16(2,3)4/h11-12,14,17H,5-10H2,1-4H3. The first-order chi connectivity index (χ1) is 9.52. The number of ether oxygens (including phenoxy) is 1. The fraction of sp³-hybridized carbons (Fsp3) is 0.812. The molecule has 1 N–H and O–H groups in total. The Bertz CT molecular complexity index is 405. The van der Waals surface area contributed by atoms with Gasteiger partial charge in [-0.25, -0.2) is 4.98 Å². The summed E-state index contributed by atoms with van der Waals surface area (Å²) in [5.41, 5.74) is 1.34. The summed E-state index contributed by atoms with van der Waals surface area (Å²) >= 11 is 1.80. The molecule has 4 heteroatoms. The Morgan fingerprint density at radius 3 is 2.85 bits per heavy atom. The molecule has 1 aliphatic rings. The van der Waals surface area contributed by atoms with Crippen molar-refractivity contribution < 1.29 is 4.74 Å². The van der Waals surface area contributed by atoms with E-state index in [0.717, 1.165) is 26.2 Å². The molecule has 0 amide bonds. The first-order valence-electron chi connectivity index (χ1n) is 7.79. The maximum Gasteiger partial charge on any atom is 0.110 e. The highest BCUT2D eigenvalue weighted by molar-refractivity contribution is 7.09. The van der Waals surface area contributed by atoms with Crippen LogP contribution in [0.4, 0.5) is 0 Å². The first-order valence-corrected chi connectivity index (χ1v) is 8.67. The quantitative estimate of drug-likeness (QED) is 0.894. The van der Waals surface area contributed by atoms with E-state index in [0.29, 0.717) is 12.0 Å². The number of hydrogen-bond donors (Lipinski definition) is 1. The van der Waals surface area contributed by atoms with Gasteiger partial charge in [0.15, 0.2) is 0 Å². The van der Waals surface area contributed by atoms with Crippen molar-refractivity contribution in [2.24, 2.45) is 5.92 Å². The summed E-state index contributed by atoms with van der Waals surface area (Å²) in [6.45, 7) is 11.7. The van der Waals surface area contributed by atoms with Crippen molar-refractivity contribution in [1.29, 1.82) is 0 Å². The number of thiazole rings is 1. The van der Waals surface area contributed by atoms with Gasteiger partial charge in [-0.1, -0.05) is 27.7 Å². The number of nitrogens with one attached hydrogen (secondary N) is 1. The molecule has 20 heavy (non-hydrogen) atoms. The molecule has 1 aromatic rings. The average Bonchev–Trinajstić information content (AvgIpc) is 2.90. The van der Waals surface area contributed by atoms with Gasteiger partial charge in [0.05, 0.1) is 18.3 Å². The molecular formula is C16H28N2OS. The first kappa shape index (κ1) is 15.9. The van der Waals surface area contributed by atoms with E-state index in [2.05, 4.69) is 38.4 Å². The van der Waals surface area contributed by atoms with Crippen molar-refractivity contribution in [1.82, 2.24) is 10.3 Å². The molecule has 0 bridgehead atoms. The van der Waals surface area contributed by atoms with Gasteiger partial charge < -0.3 is 10.1 Å². The zero-order valence-electron chi connectivity index (χ0n) is 13.2. The molecular weight excluding hydrogens is 268 g/mol. The molecule has 0 spiro atoms. The smallest absolute Gasteiger partial charge is 0.110 e. The summed E-state index contributed by atoms with van der Waals surface area (Å²) in [4.78, 5) is 4.91. The largest absolute Gasteiger partial charge is 0.381 e. The average molecular weight is 296 g/mol. The molecule has 114 valence electrons. The van der Waals surface area contributed by atoms with Gasteiger partial charge in [0.2, 0.25) is 0 Å². The molecule has 0 aliphatic carbocycles. The Morgan fingerprint density at radius 2 is 2.30 bits per heavy atom. The van der Waals surface area contributed by atoms with Gasteiger partial charge in [-0.2, -0.15) is 0 Å². The number of nitrogens with zero attached hydrogens (tertiary/aromatic N) is 1. The van der Waals surface area contributed by atoms with Crippen molar-refractivity contribution in [3.63, 3.8) is 0 Å². The van der Waals surface area contributed by atoms with E-state index in [1.54, 1.807) is 11.3 Å². The summed E-state index contributed by atoms with van der Waals surface area (Å²) < 4.78 is 5.68. The fourth-order valence-electron chi connectivity index (χ4n) is 2.56. The summed E-state index contributed by atoms with van der Waals surface area (Å²) in [6.07, 6.45) is 3.57. The second kappa shape index (κ2) is 7.01. The van der Waals surface area contributed by atoms with E-state index in [9.17, 15) is 0 Å². The van der Waals surface area contributed by atoms with Crippen molar-refractivity contribution >= 4 is 11.3 Å². The molecule has 2 heterocycles. The van der Waals surface area contributed by atoms with Crippen LogP contribution in [0, 0.1) is 5.92 Å². The number of rotatable bonds is 5. The molecule has 0 saturated carbocycles. The van der Waals surface area contributed by atoms with Crippen molar-refractivity contribution in [2.45, 2.75) is 58.4 Å². The molecule has 1 fully saturated rings. The van der Waals surface area contributed by atoms with Crippen LogP contribution in [-0.4, -0.2) is 24.7 Å². The maximum atomic E-state index is 5.68. The third kappa shape index (κ3) is 4.03. The van der Waals surface area contributed by atoms with Crippen molar-refractivity contribution in [2.75, 3.05) is 19.8 Å². The van der Waals surface area contributed by atoms with Crippen LogP contribution in [0.1, 0.15) is 63.7 Å². The number of aromatic nitrogens is 1. The fourth-order valence-corrected chi connectivity index (χ4v) is 3.77. The Morgan fingerprint density at radius 1 is 1.50 bits per heavy atom. The van der Waals surface area contributed by atoms with Crippen molar-refractivity contribution in [3.8, 4) is 0 Å². The molecule has 2 unspecified atom stereocenters. The van der Waals surface area contributed by atoms with Gasteiger partial charge >= 0.3 is 0 Å². The highest BCUT2D eigenvalue weighted by atomic mass is 32.1. The van der Waals surface area contributed by atoms with Crippen LogP contribution in [0.5, 0.6) is 0 Å². The van der Waals surface area contributed by atoms with Gasteiger partial charge in [-0.3, -0.25) is 0 Å². The highest BCUT2D eigenvalue weighted by Gasteiger charge is 2.28. The predicted molar refractivity (Wildman–Crippen MR) is 85.4 cm³/mol. The Hall–Kier alpha value is -0.450. The van der Waals surface area contributed by atoms with Crippen molar-refractivity contribution in [3.05, 3.63) is 16.1 Å². The second-order valence-electron chi connectivity index (χ2n) is 6.73. The van der Waals surface area contributed by atoms with Gasteiger partial charge in [0.1, 0.15) is 5.01 Å². The van der Waals surface area contributed by atoms with Gasteiger partial charge in [0.25, 0.3) is 0 Å². The molecule has 1 saturated heterocycles. The molecule has 2 rings (SSSR count). The Balaban J connectivity index is 2.14. The number of hydrogen-bond acceptors (Lipinski definition) is 4. The van der Waals surface area contributed by atoms with E-state index in [1.807, 2.05) is 0 Å². The highest BCUT2D eigenvalue weighted by Crippen LogP contribution is 2.33. The third-order valence-electron chi connectivity index (χ3n) is 3.84. The van der Waals surface area contributed by atoms with Crippen LogP contribution in [-0.2, 0) is 10.2 Å². The third-order valence-corrected chi connectivity index (χ3v) is 4.77. The summed E-state index contributed by atoms with van der Waals surface area (Å²) in [5.74, 6) is 0.564. The minimum Gasteiger partial charge on any atom is -0.381 e. The predicted octanol–water partition coefficient (Wildman–Crippen LogP) is 3.91. The Labute approximate surface area is 127 Å². The Kier molecular flexibility index (Phi) is 5.58. The van der Waals surface area contributed by atoms with Crippen LogP contribution in [0.2, 0.25) is 0 Å². The summed E-state index contributed by atoms with van der Waals surface area (Å²) in [7, 11) is 0. The minimum atomic E-state index is 0.132. The topological polar surface area (TPSA) is 34.2 Å². The lowest BCUT2D eigenvalue weighted by Gasteiger charge is -2.29. The monoisotopic (exact) mass is 296 g/mol. The van der Waals surface area contributed by atoms with E-state index >= 15 is 0 Å². The summed E-state index contributed by atoms with van der Waals surface area (Å²) in [6, 6.07) is 0.358. The zero-order valence-corrected chi connectivity index (χ0v) is 14.1. The van der Waals surface area contributed by atoms with Gasteiger partial charge in [-0.05, 0) is 25.8 Å². The molecule has 0 aromatic carbocycles. The second-order valence-corrected chi connectivity index (χ2v) is 7.62. The molecule has 0 radical (unpaired) electrons. The molecule has 1 aliphatic heterocycles. The van der Waals surface area contributed by atoms with E-state index < -0.39 is 0 Å². The lowest BCUT2D eigenvalue weighted by molar-refractivity contribution is 0.0389. The van der Waals surface area contributed by atoms with E-state index in [4.69, 9.17) is 9.72 Å². The molecule has 1 aromatic heterocycles. The minimum absolute atomic E-state index is 0.132. The summed E-state index contributed by atoms with van der Waals surface area (Å²) in [5, 5.41) is 7.15. The van der Waals surface area contributed by atoms with Gasteiger partial charge in [-0.15, -0.1) is 11.3 Å². The molecule has 3 nitrogen and oxygen atoms in total. The van der Waals surface area contributed by atoms with Crippen LogP contribution < -0.4 is 5.32 Å². The van der Waals surface area contributed by atoms with Crippen LogP contribution >= 0.6 is 11.3 Å². The SMILES string of the molecule is CCCNC(c1nc(C(C)(C)C)cs1)C1CCCOC1.